The number of hydrogen-bond acceptors (Lipinski definition) is 4. The van der Waals surface area contributed by atoms with Gasteiger partial charge in [-0.3, -0.25) is 9.69 Å². The van der Waals surface area contributed by atoms with E-state index in [1.165, 1.54) is 11.1 Å². The predicted molar refractivity (Wildman–Crippen MR) is 113 cm³/mol. The summed E-state index contributed by atoms with van der Waals surface area (Å²) in [5.74, 6) is 0.371. The minimum atomic E-state index is -0.360. The van der Waals surface area contributed by atoms with Gasteiger partial charge in [0.1, 0.15) is 5.75 Å². The second-order valence-electron chi connectivity index (χ2n) is 7.39. The number of ether oxygens (including phenoxy) is 1. The van der Waals surface area contributed by atoms with E-state index in [1.54, 1.807) is 36.3 Å². The second-order valence-corrected chi connectivity index (χ2v) is 7.39. The van der Waals surface area contributed by atoms with Gasteiger partial charge in [0.25, 0.3) is 0 Å². The molecular formula is C22H28N4O3. The summed E-state index contributed by atoms with van der Waals surface area (Å²) in [6.45, 7) is 4.51. The van der Waals surface area contributed by atoms with Crippen molar-refractivity contribution in [3.8, 4) is 5.75 Å². The molecule has 1 heterocycles. The molecule has 3 rings (SSSR count). The van der Waals surface area contributed by atoms with Crippen molar-refractivity contribution in [3.05, 3.63) is 59.7 Å². The number of nitrogens with zero attached hydrogens (tertiary/aromatic N) is 2. The third-order valence-corrected chi connectivity index (χ3v) is 5.18. The first-order chi connectivity index (χ1) is 13.9. The van der Waals surface area contributed by atoms with E-state index in [4.69, 9.17) is 10.5 Å². The Kier molecular flexibility index (Phi) is 6.72. The van der Waals surface area contributed by atoms with Crippen molar-refractivity contribution in [1.29, 1.82) is 0 Å². The van der Waals surface area contributed by atoms with Gasteiger partial charge in [0.2, 0.25) is 5.91 Å². The first-order valence-electron chi connectivity index (χ1n) is 9.72. The molecule has 3 N–H and O–H groups in total. The van der Waals surface area contributed by atoms with Crippen molar-refractivity contribution in [3.63, 3.8) is 0 Å². The number of urea groups is 1. The highest BCUT2D eigenvalue weighted by atomic mass is 16.5. The van der Waals surface area contributed by atoms with Crippen molar-refractivity contribution in [2.45, 2.75) is 25.9 Å². The summed E-state index contributed by atoms with van der Waals surface area (Å²) in [5.41, 5.74) is 8.57. The summed E-state index contributed by atoms with van der Waals surface area (Å²) in [6.07, 6.45) is 0.220. The van der Waals surface area contributed by atoms with Crippen LogP contribution >= 0.6 is 0 Å². The zero-order valence-corrected chi connectivity index (χ0v) is 16.9. The number of aryl methyl sites for hydroxylation is 1. The first kappa shape index (κ1) is 20.7. The van der Waals surface area contributed by atoms with Crippen LogP contribution in [0.15, 0.2) is 48.5 Å². The largest absolute Gasteiger partial charge is 0.497 e. The van der Waals surface area contributed by atoms with E-state index in [-0.39, 0.29) is 24.4 Å². The molecule has 29 heavy (non-hydrogen) atoms. The van der Waals surface area contributed by atoms with Gasteiger partial charge in [0.05, 0.1) is 7.11 Å². The summed E-state index contributed by atoms with van der Waals surface area (Å²) in [4.78, 5) is 28.3. The Hall–Kier alpha value is -3.06. The number of rotatable bonds is 6. The van der Waals surface area contributed by atoms with Crippen LogP contribution in [0.4, 0.5) is 10.5 Å². The Labute approximate surface area is 171 Å². The molecule has 0 aromatic heterocycles. The molecule has 154 valence electrons. The molecule has 1 saturated heterocycles. The fourth-order valence-electron chi connectivity index (χ4n) is 3.52. The average Bonchev–Trinajstić information content (AvgIpc) is 2.71. The monoisotopic (exact) mass is 396 g/mol. The molecule has 0 bridgehead atoms. The van der Waals surface area contributed by atoms with Gasteiger partial charge < -0.3 is 20.7 Å². The summed E-state index contributed by atoms with van der Waals surface area (Å²) < 4.78 is 5.14. The van der Waals surface area contributed by atoms with Crippen LogP contribution in [-0.2, 0) is 11.3 Å². The van der Waals surface area contributed by atoms with Gasteiger partial charge in [-0.25, -0.2) is 4.79 Å². The molecule has 0 saturated carbocycles. The molecule has 3 amide bonds. The fraction of sp³-hybridized carbons (Fsp3) is 0.364. The van der Waals surface area contributed by atoms with E-state index in [0.29, 0.717) is 25.3 Å². The molecule has 2 aromatic carbocycles. The van der Waals surface area contributed by atoms with E-state index >= 15 is 0 Å². The Bertz CT molecular complexity index is 836. The third kappa shape index (κ3) is 5.71. The quantitative estimate of drug-likeness (QED) is 0.786. The number of hydrogen-bond donors (Lipinski definition) is 2. The van der Waals surface area contributed by atoms with Crippen LogP contribution in [0.2, 0.25) is 0 Å². The van der Waals surface area contributed by atoms with Gasteiger partial charge in [-0.05, 0) is 36.8 Å². The van der Waals surface area contributed by atoms with Crippen LogP contribution in [0.25, 0.3) is 0 Å². The molecule has 0 aliphatic carbocycles. The van der Waals surface area contributed by atoms with Crippen LogP contribution in [0.1, 0.15) is 17.5 Å². The van der Waals surface area contributed by atoms with E-state index in [9.17, 15) is 9.59 Å². The lowest BCUT2D eigenvalue weighted by Gasteiger charge is -2.41. The molecule has 0 spiro atoms. The molecule has 7 nitrogen and oxygen atoms in total. The Balaban J connectivity index is 1.64. The highest BCUT2D eigenvalue weighted by Crippen LogP contribution is 2.19. The minimum absolute atomic E-state index is 0.107. The van der Waals surface area contributed by atoms with Crippen molar-refractivity contribution in [2.24, 2.45) is 5.73 Å². The lowest BCUT2D eigenvalue weighted by atomic mass is 10.1. The third-order valence-electron chi connectivity index (χ3n) is 5.18. The molecule has 1 aliphatic heterocycles. The number of amides is 3. The number of primary amides is 1. The number of carbonyl (C=O) groups excluding carboxylic acids is 2. The average molecular weight is 396 g/mol. The number of piperazine rings is 1. The van der Waals surface area contributed by atoms with Crippen LogP contribution in [0.3, 0.4) is 0 Å². The molecule has 1 aliphatic rings. The number of benzene rings is 2. The maximum atomic E-state index is 12.7. The maximum Gasteiger partial charge on any atom is 0.321 e. The Morgan fingerprint density at radius 3 is 2.41 bits per heavy atom. The molecule has 1 unspecified atom stereocenters. The number of anilines is 1. The number of nitrogens with one attached hydrogen (secondary N) is 1. The minimum Gasteiger partial charge on any atom is -0.497 e. The molecular weight excluding hydrogens is 368 g/mol. The second kappa shape index (κ2) is 9.43. The van der Waals surface area contributed by atoms with Crippen LogP contribution in [-0.4, -0.2) is 54.5 Å². The lowest BCUT2D eigenvalue weighted by molar-refractivity contribution is -0.119. The highest BCUT2D eigenvalue weighted by Gasteiger charge is 2.30. The first-order valence-corrected chi connectivity index (χ1v) is 9.72. The number of methoxy groups -OCH3 is 1. The molecule has 1 atom stereocenters. The van der Waals surface area contributed by atoms with E-state index in [0.717, 1.165) is 12.3 Å². The van der Waals surface area contributed by atoms with Gasteiger partial charge in [-0.1, -0.05) is 29.8 Å². The maximum absolute atomic E-state index is 12.7. The van der Waals surface area contributed by atoms with Crippen molar-refractivity contribution >= 4 is 17.6 Å². The molecule has 7 heteroatoms. The van der Waals surface area contributed by atoms with Crippen molar-refractivity contribution < 1.29 is 14.3 Å². The Morgan fingerprint density at radius 1 is 1.10 bits per heavy atom. The van der Waals surface area contributed by atoms with Crippen LogP contribution in [0.5, 0.6) is 5.75 Å². The van der Waals surface area contributed by atoms with Crippen LogP contribution < -0.4 is 15.8 Å². The van der Waals surface area contributed by atoms with Crippen LogP contribution in [0, 0.1) is 6.92 Å². The fourth-order valence-corrected chi connectivity index (χ4v) is 3.52. The number of carbonyl (C=O) groups is 2. The van der Waals surface area contributed by atoms with E-state index < -0.39 is 0 Å². The molecule has 0 radical (unpaired) electrons. The number of nitrogens with two attached hydrogens (primary N) is 1. The normalized spacial score (nSPS) is 17.0. The van der Waals surface area contributed by atoms with Crippen molar-refractivity contribution in [2.75, 3.05) is 32.1 Å². The summed E-state index contributed by atoms with van der Waals surface area (Å²) in [6, 6.07) is 15.3. The summed E-state index contributed by atoms with van der Waals surface area (Å²) in [7, 11) is 1.60. The van der Waals surface area contributed by atoms with Crippen molar-refractivity contribution in [1.82, 2.24) is 9.80 Å². The molecule has 2 aromatic rings. The van der Waals surface area contributed by atoms with E-state index in [1.807, 2.05) is 0 Å². The zero-order chi connectivity index (χ0) is 20.8. The SMILES string of the molecule is COc1ccc(NC(=O)N2CCN(Cc3ccc(C)cc3)C(CC(N)=O)C2)cc1. The van der Waals surface area contributed by atoms with Gasteiger partial charge in [0.15, 0.2) is 0 Å². The zero-order valence-electron chi connectivity index (χ0n) is 16.9. The lowest BCUT2D eigenvalue weighted by Crippen LogP contribution is -2.56. The highest BCUT2D eigenvalue weighted by molar-refractivity contribution is 5.89. The standard InChI is InChI=1S/C22H28N4O3/c1-16-3-5-17(6-4-16)14-25-11-12-26(15-19(25)13-21(23)27)22(28)24-18-7-9-20(29-2)10-8-18/h3-10,19H,11-15H2,1-2H3,(H2,23,27)(H,24,28). The topological polar surface area (TPSA) is 87.9 Å². The Morgan fingerprint density at radius 2 is 1.79 bits per heavy atom. The predicted octanol–water partition coefficient (Wildman–Crippen LogP) is 2.60. The summed E-state index contributed by atoms with van der Waals surface area (Å²) >= 11 is 0. The summed E-state index contributed by atoms with van der Waals surface area (Å²) in [5, 5.41) is 2.90. The van der Waals surface area contributed by atoms with Gasteiger partial charge in [-0.15, -0.1) is 0 Å². The smallest absolute Gasteiger partial charge is 0.321 e. The van der Waals surface area contributed by atoms with E-state index in [2.05, 4.69) is 41.4 Å². The van der Waals surface area contributed by atoms with Gasteiger partial charge in [-0.2, -0.15) is 0 Å². The molecule has 1 fully saturated rings. The van der Waals surface area contributed by atoms with Gasteiger partial charge in [0, 0.05) is 44.3 Å². The van der Waals surface area contributed by atoms with Gasteiger partial charge >= 0.3 is 6.03 Å².